The molecule has 0 saturated heterocycles. The molecule has 1 aromatic carbocycles. The lowest BCUT2D eigenvalue weighted by molar-refractivity contribution is -0.0868. The summed E-state index contributed by atoms with van der Waals surface area (Å²) >= 11 is 0. The highest BCUT2D eigenvalue weighted by Gasteiger charge is 2.54. The minimum atomic E-state index is -0.596. The second-order valence-electron chi connectivity index (χ2n) is 6.77. The molecule has 2 atom stereocenters. The Kier molecular flexibility index (Phi) is 3.98. The lowest BCUT2D eigenvalue weighted by Crippen LogP contribution is -2.57. The first-order chi connectivity index (χ1) is 10.1. The Labute approximate surface area is 127 Å². The van der Waals surface area contributed by atoms with E-state index in [1.807, 2.05) is 12.1 Å². The van der Waals surface area contributed by atoms with Gasteiger partial charge in [-0.05, 0) is 68.5 Å². The van der Waals surface area contributed by atoms with Gasteiger partial charge >= 0.3 is 0 Å². The molecule has 116 valence electrons. The third kappa shape index (κ3) is 2.36. The quantitative estimate of drug-likeness (QED) is 0.747. The van der Waals surface area contributed by atoms with E-state index in [9.17, 15) is 10.2 Å². The van der Waals surface area contributed by atoms with Crippen LogP contribution in [0, 0.1) is 0 Å². The van der Waals surface area contributed by atoms with Gasteiger partial charge in [0.05, 0.1) is 5.60 Å². The number of hydrogen-bond donors (Lipinski definition) is 3. The van der Waals surface area contributed by atoms with Gasteiger partial charge in [0.2, 0.25) is 0 Å². The molecule has 3 heteroatoms. The summed E-state index contributed by atoms with van der Waals surface area (Å²) in [6, 6.07) is 5.74. The summed E-state index contributed by atoms with van der Waals surface area (Å²) in [5.74, 6) is 0.325. The molecular weight excluding hydrogens is 262 g/mol. The van der Waals surface area contributed by atoms with Crippen molar-refractivity contribution >= 4 is 0 Å². The third-order valence-corrected chi connectivity index (χ3v) is 5.73. The molecule has 3 nitrogen and oxygen atoms in total. The topological polar surface area (TPSA) is 52.5 Å². The second-order valence-corrected chi connectivity index (χ2v) is 6.77. The molecule has 1 saturated carbocycles. The zero-order valence-corrected chi connectivity index (χ0v) is 13.0. The summed E-state index contributed by atoms with van der Waals surface area (Å²) in [6.07, 6.45) is 6.95. The van der Waals surface area contributed by atoms with E-state index in [0.29, 0.717) is 5.75 Å². The van der Waals surface area contributed by atoms with Crippen molar-refractivity contribution in [2.75, 3.05) is 13.1 Å². The molecule has 0 heterocycles. The zero-order valence-electron chi connectivity index (χ0n) is 13.0. The number of benzene rings is 1. The van der Waals surface area contributed by atoms with Gasteiger partial charge in [0.25, 0.3) is 0 Å². The van der Waals surface area contributed by atoms with Crippen molar-refractivity contribution < 1.29 is 10.2 Å². The Morgan fingerprint density at radius 3 is 2.81 bits per heavy atom. The molecule has 1 aromatic rings. The molecule has 21 heavy (non-hydrogen) atoms. The number of phenolic OH excluding ortho intramolecular Hbond substituents is 1. The van der Waals surface area contributed by atoms with Gasteiger partial charge in [0, 0.05) is 5.41 Å². The number of aliphatic hydroxyl groups is 1. The number of aryl methyl sites for hydroxylation is 1. The minimum absolute atomic E-state index is 0.181. The van der Waals surface area contributed by atoms with Crippen LogP contribution >= 0.6 is 0 Å². The summed E-state index contributed by atoms with van der Waals surface area (Å²) < 4.78 is 0. The molecule has 3 N–H and O–H groups in total. The van der Waals surface area contributed by atoms with Gasteiger partial charge in [-0.25, -0.2) is 0 Å². The van der Waals surface area contributed by atoms with Crippen LogP contribution in [-0.4, -0.2) is 28.9 Å². The molecule has 0 radical (unpaired) electrons. The van der Waals surface area contributed by atoms with Crippen LogP contribution in [0.25, 0.3) is 0 Å². The Bertz CT molecular complexity index is 516. The predicted molar refractivity (Wildman–Crippen MR) is 84.7 cm³/mol. The van der Waals surface area contributed by atoms with Crippen molar-refractivity contribution in [3.63, 3.8) is 0 Å². The monoisotopic (exact) mass is 289 g/mol. The largest absolute Gasteiger partial charge is 0.508 e. The Morgan fingerprint density at radius 2 is 2.00 bits per heavy atom. The van der Waals surface area contributed by atoms with E-state index in [1.165, 1.54) is 17.5 Å². The van der Waals surface area contributed by atoms with Crippen LogP contribution < -0.4 is 5.32 Å². The Morgan fingerprint density at radius 1 is 1.19 bits per heavy atom. The number of rotatable bonds is 4. The summed E-state index contributed by atoms with van der Waals surface area (Å²) in [6.45, 7) is 4.00. The summed E-state index contributed by atoms with van der Waals surface area (Å²) in [5, 5.41) is 24.7. The zero-order chi connectivity index (χ0) is 14.9. The first kappa shape index (κ1) is 14.9. The average Bonchev–Trinajstić information content (AvgIpc) is 2.48. The van der Waals surface area contributed by atoms with Crippen LogP contribution in [0.3, 0.4) is 0 Å². The van der Waals surface area contributed by atoms with Gasteiger partial charge in [-0.3, -0.25) is 0 Å². The van der Waals surface area contributed by atoms with Crippen molar-refractivity contribution in [2.24, 2.45) is 0 Å². The molecule has 1 fully saturated rings. The summed E-state index contributed by atoms with van der Waals surface area (Å²) in [5.41, 5.74) is 1.74. The van der Waals surface area contributed by atoms with Crippen molar-refractivity contribution in [3.8, 4) is 5.75 Å². The molecule has 0 spiro atoms. The van der Waals surface area contributed by atoms with Crippen molar-refractivity contribution in [1.82, 2.24) is 5.32 Å². The van der Waals surface area contributed by atoms with Gasteiger partial charge in [-0.15, -0.1) is 0 Å². The van der Waals surface area contributed by atoms with E-state index in [2.05, 4.69) is 12.2 Å². The van der Waals surface area contributed by atoms with Crippen molar-refractivity contribution in [3.05, 3.63) is 29.3 Å². The minimum Gasteiger partial charge on any atom is -0.508 e. The highest BCUT2D eigenvalue weighted by atomic mass is 16.3. The van der Waals surface area contributed by atoms with Crippen LogP contribution in [-0.2, 0) is 11.8 Å². The maximum Gasteiger partial charge on any atom is 0.115 e. The van der Waals surface area contributed by atoms with Crippen molar-refractivity contribution in [1.29, 1.82) is 0 Å². The number of hydrogen-bond acceptors (Lipinski definition) is 3. The predicted octanol–water partition coefficient (Wildman–Crippen LogP) is 2.88. The molecule has 0 unspecified atom stereocenters. The van der Waals surface area contributed by atoms with E-state index in [-0.39, 0.29) is 5.41 Å². The maximum atomic E-state index is 11.4. The number of phenols is 1. The summed E-state index contributed by atoms with van der Waals surface area (Å²) in [4.78, 5) is 0. The van der Waals surface area contributed by atoms with Gasteiger partial charge in [0.15, 0.2) is 0 Å². The fourth-order valence-electron chi connectivity index (χ4n) is 4.61. The fraction of sp³-hybridized carbons (Fsp3) is 0.667. The van der Waals surface area contributed by atoms with Gasteiger partial charge < -0.3 is 15.5 Å². The standard InChI is InChI=1S/C18H27NO2/c1-2-19-12-11-17-8-3-4-9-18(17,21)10-7-14-5-6-15(20)13-16(14)17/h5-6,13,19-21H,2-4,7-12H2,1H3/t17-,18+/m0/s1. The number of nitrogens with one attached hydrogen (secondary N) is 1. The summed E-state index contributed by atoms with van der Waals surface area (Å²) in [7, 11) is 0. The highest BCUT2D eigenvalue weighted by Crippen LogP contribution is 2.55. The molecular formula is C18H27NO2. The molecule has 2 aliphatic carbocycles. The van der Waals surface area contributed by atoms with Crippen LogP contribution in [0.5, 0.6) is 5.75 Å². The number of fused-ring (bicyclic) bond motifs is 3. The maximum absolute atomic E-state index is 11.4. The smallest absolute Gasteiger partial charge is 0.115 e. The first-order valence-electron chi connectivity index (χ1n) is 8.37. The molecule has 0 amide bonds. The average molecular weight is 289 g/mol. The van der Waals surface area contributed by atoms with Gasteiger partial charge in [0.1, 0.15) is 5.75 Å². The molecule has 0 aliphatic heterocycles. The normalized spacial score (nSPS) is 31.5. The van der Waals surface area contributed by atoms with Crippen LogP contribution in [0.4, 0.5) is 0 Å². The second kappa shape index (κ2) is 5.62. The van der Waals surface area contributed by atoms with E-state index >= 15 is 0 Å². The molecule has 3 rings (SSSR count). The SMILES string of the molecule is CCNCC[C@]12CCCC[C@@]1(O)CCc1ccc(O)cc12. The fourth-order valence-corrected chi connectivity index (χ4v) is 4.61. The van der Waals surface area contributed by atoms with Crippen LogP contribution in [0.15, 0.2) is 18.2 Å². The Hall–Kier alpha value is -1.06. The van der Waals surface area contributed by atoms with Gasteiger partial charge in [-0.1, -0.05) is 25.8 Å². The van der Waals surface area contributed by atoms with E-state index < -0.39 is 5.60 Å². The Balaban J connectivity index is 2.05. The van der Waals surface area contributed by atoms with E-state index in [4.69, 9.17) is 0 Å². The van der Waals surface area contributed by atoms with E-state index in [0.717, 1.165) is 51.6 Å². The lowest BCUT2D eigenvalue weighted by Gasteiger charge is -2.55. The van der Waals surface area contributed by atoms with Crippen LogP contribution in [0.2, 0.25) is 0 Å². The third-order valence-electron chi connectivity index (χ3n) is 5.73. The number of aromatic hydroxyl groups is 1. The highest BCUT2D eigenvalue weighted by molar-refractivity contribution is 5.45. The molecule has 2 aliphatic rings. The van der Waals surface area contributed by atoms with Crippen LogP contribution in [0.1, 0.15) is 56.6 Å². The molecule has 0 bridgehead atoms. The molecule has 0 aromatic heterocycles. The van der Waals surface area contributed by atoms with Crippen molar-refractivity contribution in [2.45, 2.75) is 62.9 Å². The van der Waals surface area contributed by atoms with Gasteiger partial charge in [-0.2, -0.15) is 0 Å². The first-order valence-corrected chi connectivity index (χ1v) is 8.37. The van der Waals surface area contributed by atoms with E-state index in [1.54, 1.807) is 6.07 Å². The lowest BCUT2D eigenvalue weighted by atomic mass is 9.53.